The van der Waals surface area contributed by atoms with Crippen LogP contribution in [0.5, 0.6) is 0 Å². The van der Waals surface area contributed by atoms with Crippen LogP contribution >= 0.6 is 15.9 Å². The fraction of sp³-hybridized carbons (Fsp3) is 0.333. The molecule has 0 aliphatic carbocycles. The normalized spacial score (nSPS) is 11.8. The number of carbonyl (C=O) groups is 2. The summed E-state index contributed by atoms with van der Waals surface area (Å²) in [5.41, 5.74) is 0.173. The molecule has 1 rings (SSSR count). The van der Waals surface area contributed by atoms with Gasteiger partial charge in [-0.25, -0.2) is 4.39 Å². The van der Waals surface area contributed by atoms with Crippen LogP contribution in [0.15, 0.2) is 22.7 Å². The zero-order valence-corrected chi connectivity index (χ0v) is 11.7. The minimum absolute atomic E-state index is 0.173. The van der Waals surface area contributed by atoms with Gasteiger partial charge in [-0.05, 0) is 48.0 Å². The van der Waals surface area contributed by atoms with Crippen molar-refractivity contribution in [1.29, 1.82) is 0 Å². The highest BCUT2D eigenvalue weighted by Gasteiger charge is 2.16. The van der Waals surface area contributed by atoms with Crippen LogP contribution in [0.25, 0.3) is 0 Å². The standard InChI is InChI=1S/C12H14BrFN2O2/c1-3-15-11(17)7(2)16-12(18)8-4-5-9(13)10(14)6-8/h4-7H,3H2,1-2H3,(H,15,17)(H,16,18). The summed E-state index contributed by atoms with van der Waals surface area (Å²) in [5, 5.41) is 5.08. The number of nitrogens with one attached hydrogen (secondary N) is 2. The average molecular weight is 317 g/mol. The quantitative estimate of drug-likeness (QED) is 0.890. The van der Waals surface area contributed by atoms with Gasteiger partial charge in [0.1, 0.15) is 11.9 Å². The highest BCUT2D eigenvalue weighted by molar-refractivity contribution is 9.10. The van der Waals surface area contributed by atoms with E-state index in [0.717, 1.165) is 6.07 Å². The topological polar surface area (TPSA) is 58.2 Å². The number of hydrogen-bond donors (Lipinski definition) is 2. The van der Waals surface area contributed by atoms with Gasteiger partial charge in [0.05, 0.1) is 4.47 Å². The van der Waals surface area contributed by atoms with E-state index in [0.29, 0.717) is 6.54 Å². The Hall–Kier alpha value is -1.43. The molecule has 1 aromatic rings. The number of amides is 2. The predicted octanol–water partition coefficient (Wildman–Crippen LogP) is 1.84. The molecule has 0 fully saturated rings. The second kappa shape index (κ2) is 6.49. The number of benzene rings is 1. The monoisotopic (exact) mass is 316 g/mol. The molecule has 2 N–H and O–H groups in total. The fourth-order valence-corrected chi connectivity index (χ4v) is 1.56. The van der Waals surface area contributed by atoms with Gasteiger partial charge in [-0.3, -0.25) is 9.59 Å². The summed E-state index contributed by atoms with van der Waals surface area (Å²) in [7, 11) is 0. The molecule has 98 valence electrons. The van der Waals surface area contributed by atoms with Crippen LogP contribution in [0.2, 0.25) is 0 Å². The third kappa shape index (κ3) is 3.80. The van der Waals surface area contributed by atoms with Crippen LogP contribution < -0.4 is 10.6 Å². The molecule has 4 nitrogen and oxygen atoms in total. The SMILES string of the molecule is CCNC(=O)C(C)NC(=O)c1ccc(Br)c(F)c1. The van der Waals surface area contributed by atoms with E-state index in [-0.39, 0.29) is 15.9 Å². The van der Waals surface area contributed by atoms with Crippen molar-refractivity contribution in [3.8, 4) is 0 Å². The Morgan fingerprint density at radius 1 is 1.44 bits per heavy atom. The van der Waals surface area contributed by atoms with E-state index in [4.69, 9.17) is 0 Å². The zero-order valence-electron chi connectivity index (χ0n) is 10.1. The molecule has 0 bridgehead atoms. The molecule has 0 heterocycles. The molecule has 2 amide bonds. The van der Waals surface area contributed by atoms with Crippen LogP contribution in [-0.2, 0) is 4.79 Å². The number of hydrogen-bond acceptors (Lipinski definition) is 2. The highest BCUT2D eigenvalue weighted by atomic mass is 79.9. The number of carbonyl (C=O) groups excluding carboxylic acids is 2. The lowest BCUT2D eigenvalue weighted by Crippen LogP contribution is -2.44. The van der Waals surface area contributed by atoms with E-state index in [2.05, 4.69) is 26.6 Å². The largest absolute Gasteiger partial charge is 0.355 e. The molecule has 0 saturated heterocycles. The molecule has 0 spiro atoms. The highest BCUT2D eigenvalue weighted by Crippen LogP contribution is 2.16. The smallest absolute Gasteiger partial charge is 0.252 e. The summed E-state index contributed by atoms with van der Waals surface area (Å²) in [5.74, 6) is -1.28. The first-order valence-electron chi connectivity index (χ1n) is 5.49. The first-order chi connectivity index (χ1) is 8.45. The lowest BCUT2D eigenvalue weighted by molar-refractivity contribution is -0.122. The summed E-state index contributed by atoms with van der Waals surface area (Å²) >= 11 is 3.00. The maximum absolute atomic E-state index is 13.3. The van der Waals surface area contributed by atoms with E-state index in [1.54, 1.807) is 13.8 Å². The molecule has 6 heteroatoms. The fourth-order valence-electron chi connectivity index (χ4n) is 1.31. The summed E-state index contributed by atoms with van der Waals surface area (Å²) in [6.07, 6.45) is 0. The zero-order chi connectivity index (χ0) is 13.7. The van der Waals surface area contributed by atoms with E-state index in [1.807, 2.05) is 0 Å². The Kier molecular flexibility index (Phi) is 5.27. The first kappa shape index (κ1) is 14.6. The lowest BCUT2D eigenvalue weighted by atomic mass is 10.2. The first-order valence-corrected chi connectivity index (χ1v) is 6.28. The Balaban J connectivity index is 2.70. The van der Waals surface area contributed by atoms with Gasteiger partial charge in [0.25, 0.3) is 5.91 Å². The summed E-state index contributed by atoms with van der Waals surface area (Å²) < 4.78 is 13.5. The third-order valence-electron chi connectivity index (χ3n) is 2.27. The van der Waals surface area contributed by atoms with Crippen molar-refractivity contribution in [3.05, 3.63) is 34.1 Å². The van der Waals surface area contributed by atoms with Gasteiger partial charge in [-0.1, -0.05) is 0 Å². The van der Waals surface area contributed by atoms with Gasteiger partial charge in [0.2, 0.25) is 5.91 Å². The van der Waals surface area contributed by atoms with Gasteiger partial charge < -0.3 is 10.6 Å². The Morgan fingerprint density at radius 2 is 2.11 bits per heavy atom. The molecule has 1 atom stereocenters. The van der Waals surface area contributed by atoms with Gasteiger partial charge in [0.15, 0.2) is 0 Å². The summed E-state index contributed by atoms with van der Waals surface area (Å²) in [6.45, 7) is 3.85. The van der Waals surface area contributed by atoms with Gasteiger partial charge >= 0.3 is 0 Å². The number of likely N-dealkylation sites (N-methyl/N-ethyl adjacent to an activating group) is 1. The molecule has 0 aromatic heterocycles. The van der Waals surface area contributed by atoms with Gasteiger partial charge in [0, 0.05) is 12.1 Å². The minimum Gasteiger partial charge on any atom is -0.355 e. The molecule has 18 heavy (non-hydrogen) atoms. The van der Waals surface area contributed by atoms with E-state index >= 15 is 0 Å². The Labute approximate surface area is 113 Å². The molecular formula is C12H14BrFN2O2. The Morgan fingerprint density at radius 3 is 2.67 bits per heavy atom. The molecule has 0 radical (unpaired) electrons. The van der Waals surface area contributed by atoms with Crippen LogP contribution in [0.1, 0.15) is 24.2 Å². The number of halogens is 2. The van der Waals surface area contributed by atoms with Crippen LogP contribution in [-0.4, -0.2) is 24.4 Å². The van der Waals surface area contributed by atoms with Crippen LogP contribution in [0, 0.1) is 5.82 Å². The van der Waals surface area contributed by atoms with E-state index < -0.39 is 17.8 Å². The number of rotatable bonds is 4. The van der Waals surface area contributed by atoms with Gasteiger partial charge in [-0.2, -0.15) is 0 Å². The minimum atomic E-state index is -0.663. The second-order valence-corrected chi connectivity index (χ2v) is 4.57. The van der Waals surface area contributed by atoms with Crippen LogP contribution in [0.4, 0.5) is 4.39 Å². The molecule has 0 aliphatic heterocycles. The van der Waals surface area contributed by atoms with Crippen molar-refractivity contribution >= 4 is 27.7 Å². The van der Waals surface area contributed by atoms with Crippen molar-refractivity contribution < 1.29 is 14.0 Å². The summed E-state index contributed by atoms with van der Waals surface area (Å²) in [6, 6.07) is 3.38. The molecule has 0 aliphatic rings. The third-order valence-corrected chi connectivity index (χ3v) is 2.92. The summed E-state index contributed by atoms with van der Waals surface area (Å²) in [4.78, 5) is 23.2. The molecule has 1 aromatic carbocycles. The van der Waals surface area contributed by atoms with Crippen molar-refractivity contribution in [2.75, 3.05) is 6.54 Å². The van der Waals surface area contributed by atoms with E-state index in [1.165, 1.54) is 12.1 Å². The maximum Gasteiger partial charge on any atom is 0.252 e. The predicted molar refractivity (Wildman–Crippen MR) is 69.7 cm³/mol. The van der Waals surface area contributed by atoms with Gasteiger partial charge in [-0.15, -0.1) is 0 Å². The second-order valence-electron chi connectivity index (χ2n) is 3.72. The van der Waals surface area contributed by atoms with Crippen molar-refractivity contribution in [1.82, 2.24) is 10.6 Å². The van der Waals surface area contributed by atoms with Crippen molar-refractivity contribution in [3.63, 3.8) is 0 Å². The maximum atomic E-state index is 13.3. The van der Waals surface area contributed by atoms with Crippen molar-refractivity contribution in [2.45, 2.75) is 19.9 Å². The molecule has 1 unspecified atom stereocenters. The Bertz CT molecular complexity index is 465. The van der Waals surface area contributed by atoms with Crippen molar-refractivity contribution in [2.24, 2.45) is 0 Å². The van der Waals surface area contributed by atoms with Crippen LogP contribution in [0.3, 0.4) is 0 Å². The molecule has 0 saturated carbocycles. The average Bonchev–Trinajstić information content (AvgIpc) is 2.32. The molecular weight excluding hydrogens is 303 g/mol. The van der Waals surface area contributed by atoms with E-state index in [9.17, 15) is 14.0 Å². The lowest BCUT2D eigenvalue weighted by Gasteiger charge is -2.13.